The van der Waals surface area contributed by atoms with Gasteiger partial charge in [0.1, 0.15) is 0 Å². The number of carbonyl (C=O) groups is 2. The highest BCUT2D eigenvalue weighted by molar-refractivity contribution is 6.06. The third kappa shape index (κ3) is 3.75. The van der Waals surface area contributed by atoms with Crippen LogP contribution in [0.2, 0.25) is 0 Å². The molecule has 0 unspecified atom stereocenters. The maximum atomic E-state index is 12.8. The summed E-state index contributed by atoms with van der Waals surface area (Å²) < 4.78 is 5.10. The minimum Gasteiger partial charge on any atom is -0.447 e. The molecule has 27 heavy (non-hydrogen) atoms. The van der Waals surface area contributed by atoms with Crippen LogP contribution in [-0.2, 0) is 4.74 Å². The summed E-state index contributed by atoms with van der Waals surface area (Å²) in [5.41, 5.74) is 1.66. The zero-order chi connectivity index (χ0) is 19.0. The van der Waals surface area contributed by atoms with Crippen LogP contribution in [0.4, 0.5) is 10.5 Å². The minimum absolute atomic E-state index is 0.175. The van der Waals surface area contributed by atoms with Gasteiger partial charge in [-0.2, -0.15) is 5.10 Å². The molecule has 0 aliphatic carbocycles. The largest absolute Gasteiger partial charge is 0.447 e. The number of ether oxygens (including phenoxy) is 1. The molecule has 3 fully saturated rings. The monoisotopic (exact) mass is 371 g/mol. The van der Waals surface area contributed by atoms with Crippen LogP contribution < -0.4 is 10.6 Å². The van der Waals surface area contributed by atoms with Crippen LogP contribution in [0.3, 0.4) is 0 Å². The van der Waals surface area contributed by atoms with E-state index in [9.17, 15) is 9.59 Å². The van der Waals surface area contributed by atoms with Crippen LogP contribution in [0.1, 0.15) is 37.2 Å². The van der Waals surface area contributed by atoms with Crippen molar-refractivity contribution in [3.63, 3.8) is 0 Å². The van der Waals surface area contributed by atoms with Gasteiger partial charge in [0.05, 0.1) is 11.6 Å². The number of piperidine rings is 3. The number of rotatable bonds is 4. The third-order valence-corrected chi connectivity index (χ3v) is 5.34. The lowest BCUT2D eigenvalue weighted by molar-refractivity contribution is 0.0618. The minimum atomic E-state index is -0.522. The zero-order valence-electron chi connectivity index (χ0n) is 15.6. The number of nitrogens with one attached hydrogen (secondary N) is 3. The fourth-order valence-electron chi connectivity index (χ4n) is 3.99. The Bertz CT molecular complexity index is 854. The summed E-state index contributed by atoms with van der Waals surface area (Å²) in [6.07, 6.45) is 1.55. The van der Waals surface area contributed by atoms with Crippen LogP contribution in [0.15, 0.2) is 18.2 Å². The van der Waals surface area contributed by atoms with E-state index in [2.05, 4.69) is 25.7 Å². The molecule has 0 saturated carbocycles. The third-order valence-electron chi connectivity index (χ3n) is 5.34. The first-order valence-corrected chi connectivity index (χ1v) is 9.48. The Kier molecular flexibility index (Phi) is 4.73. The van der Waals surface area contributed by atoms with Crippen molar-refractivity contribution in [1.29, 1.82) is 0 Å². The summed E-state index contributed by atoms with van der Waals surface area (Å²) in [5, 5.41) is 13.6. The summed E-state index contributed by atoms with van der Waals surface area (Å²) in [6.45, 7) is 6.74. The normalized spacial score (nSPS) is 24.2. The molecule has 8 heteroatoms. The van der Waals surface area contributed by atoms with E-state index in [4.69, 9.17) is 4.74 Å². The van der Waals surface area contributed by atoms with Gasteiger partial charge in [0.25, 0.3) is 5.91 Å². The molecule has 3 N–H and O–H groups in total. The molecule has 1 aromatic heterocycles. The first kappa shape index (κ1) is 17.8. The number of hydrogen-bond donors (Lipinski definition) is 3. The van der Waals surface area contributed by atoms with Crippen molar-refractivity contribution in [1.82, 2.24) is 20.4 Å². The summed E-state index contributed by atoms with van der Waals surface area (Å²) in [5.74, 6) is 0.370. The van der Waals surface area contributed by atoms with Crippen molar-refractivity contribution in [2.24, 2.45) is 5.92 Å². The number of anilines is 1. The fourth-order valence-corrected chi connectivity index (χ4v) is 3.99. The summed E-state index contributed by atoms with van der Waals surface area (Å²) in [7, 11) is 0. The smallest absolute Gasteiger partial charge is 0.411 e. The number of fused-ring (bicyclic) bond motifs is 4. The molecule has 4 heterocycles. The highest BCUT2D eigenvalue weighted by atomic mass is 16.6. The maximum Gasteiger partial charge on any atom is 0.411 e. The van der Waals surface area contributed by atoms with Crippen molar-refractivity contribution >= 4 is 28.6 Å². The average Bonchev–Trinajstić information content (AvgIpc) is 3.05. The number of H-pyrrole nitrogens is 1. The van der Waals surface area contributed by atoms with Gasteiger partial charge in [0, 0.05) is 23.7 Å². The van der Waals surface area contributed by atoms with Gasteiger partial charge < -0.3 is 15.0 Å². The number of benzene rings is 1. The van der Waals surface area contributed by atoms with Crippen LogP contribution in [0.25, 0.3) is 10.9 Å². The van der Waals surface area contributed by atoms with Gasteiger partial charge in [-0.25, -0.2) is 4.79 Å². The van der Waals surface area contributed by atoms with Crippen LogP contribution in [-0.4, -0.2) is 58.9 Å². The fraction of sp³-hybridized carbons (Fsp3) is 0.526. The molecule has 3 aliphatic heterocycles. The van der Waals surface area contributed by atoms with Crippen LogP contribution in [0, 0.1) is 5.92 Å². The second-order valence-electron chi connectivity index (χ2n) is 7.63. The Morgan fingerprint density at radius 1 is 1.30 bits per heavy atom. The van der Waals surface area contributed by atoms with Gasteiger partial charge in [0.15, 0.2) is 5.69 Å². The van der Waals surface area contributed by atoms with E-state index in [0.29, 0.717) is 22.7 Å². The molecular formula is C19H25N5O3. The maximum absolute atomic E-state index is 12.8. The van der Waals surface area contributed by atoms with E-state index < -0.39 is 6.09 Å². The lowest BCUT2D eigenvalue weighted by Gasteiger charge is -2.44. The van der Waals surface area contributed by atoms with Crippen molar-refractivity contribution < 1.29 is 14.3 Å². The lowest BCUT2D eigenvalue weighted by atomic mass is 9.84. The highest BCUT2D eigenvalue weighted by Crippen LogP contribution is 2.28. The van der Waals surface area contributed by atoms with E-state index in [1.54, 1.807) is 32.0 Å². The van der Waals surface area contributed by atoms with Crippen molar-refractivity contribution in [3.8, 4) is 0 Å². The van der Waals surface area contributed by atoms with Gasteiger partial charge >= 0.3 is 6.09 Å². The van der Waals surface area contributed by atoms with Crippen molar-refractivity contribution in [3.05, 3.63) is 23.9 Å². The molecule has 2 aromatic rings. The highest BCUT2D eigenvalue weighted by Gasteiger charge is 2.35. The van der Waals surface area contributed by atoms with E-state index >= 15 is 0 Å². The predicted octanol–water partition coefficient (Wildman–Crippen LogP) is 2.34. The number of hydrogen-bond acceptors (Lipinski definition) is 5. The number of nitrogens with zero attached hydrogens (tertiary/aromatic N) is 2. The van der Waals surface area contributed by atoms with Crippen LogP contribution >= 0.6 is 0 Å². The van der Waals surface area contributed by atoms with Crippen LogP contribution in [0.5, 0.6) is 0 Å². The topological polar surface area (TPSA) is 99.3 Å². The molecule has 1 atom stereocenters. The summed E-state index contributed by atoms with van der Waals surface area (Å²) in [6, 6.07) is 5.45. The second kappa shape index (κ2) is 7.19. The molecule has 144 valence electrons. The molecule has 5 rings (SSSR count). The number of carbonyl (C=O) groups excluding carboxylic acids is 2. The Morgan fingerprint density at radius 3 is 2.74 bits per heavy atom. The van der Waals surface area contributed by atoms with Gasteiger partial charge in [-0.05, 0) is 63.9 Å². The van der Waals surface area contributed by atoms with Gasteiger partial charge in [-0.15, -0.1) is 0 Å². The molecule has 2 bridgehead atoms. The standard InChI is InChI=1S/C19H25N5O3/c1-11(2)27-19(26)20-13-3-4-15-14(9-13)17(23-22-15)18(25)21-16-10-24-7-5-12(16)6-8-24/h3-4,9,11-12,16H,5-8,10H2,1-2H3,(H,20,26)(H,21,25)(H,22,23)/t16-/m0/s1. The average molecular weight is 371 g/mol. The van der Waals surface area contributed by atoms with Crippen molar-refractivity contribution in [2.45, 2.75) is 38.8 Å². The molecule has 0 spiro atoms. The number of amides is 2. The number of aromatic nitrogens is 2. The second-order valence-corrected chi connectivity index (χ2v) is 7.63. The van der Waals surface area contributed by atoms with Crippen molar-refractivity contribution in [2.75, 3.05) is 25.0 Å². The van der Waals surface area contributed by atoms with Gasteiger partial charge in [-0.1, -0.05) is 0 Å². The SMILES string of the molecule is CC(C)OC(=O)Nc1ccc2[nH]nc(C(=O)N[C@H]3CN4CCC3CC4)c2c1. The van der Waals surface area contributed by atoms with E-state index in [0.717, 1.165) is 38.0 Å². The molecule has 3 aliphatic rings. The quantitative estimate of drug-likeness (QED) is 0.766. The molecule has 0 radical (unpaired) electrons. The molecule has 8 nitrogen and oxygen atoms in total. The molecular weight excluding hydrogens is 346 g/mol. The van der Waals surface area contributed by atoms with Gasteiger partial charge in [0.2, 0.25) is 0 Å². The number of aromatic amines is 1. The van der Waals surface area contributed by atoms with E-state index in [1.807, 2.05) is 0 Å². The zero-order valence-corrected chi connectivity index (χ0v) is 15.6. The Balaban J connectivity index is 1.50. The first-order valence-electron chi connectivity index (χ1n) is 9.48. The molecule has 2 amide bonds. The summed E-state index contributed by atoms with van der Waals surface area (Å²) in [4.78, 5) is 27.0. The molecule has 3 saturated heterocycles. The summed E-state index contributed by atoms with van der Waals surface area (Å²) >= 11 is 0. The van der Waals surface area contributed by atoms with Gasteiger partial charge in [-0.3, -0.25) is 15.2 Å². The Labute approximate surface area is 157 Å². The first-order chi connectivity index (χ1) is 13.0. The predicted molar refractivity (Wildman–Crippen MR) is 102 cm³/mol. The lowest BCUT2D eigenvalue weighted by Crippen LogP contribution is -2.57. The van der Waals surface area contributed by atoms with E-state index in [1.165, 1.54) is 0 Å². The Morgan fingerprint density at radius 2 is 2.07 bits per heavy atom. The molecule has 1 aromatic carbocycles. The Hall–Kier alpha value is -2.61. The van der Waals surface area contributed by atoms with E-state index in [-0.39, 0.29) is 18.1 Å².